The molecule has 0 saturated heterocycles. The van der Waals surface area contributed by atoms with Crippen LogP contribution in [0.25, 0.3) is 25.7 Å². The van der Waals surface area contributed by atoms with Crippen molar-refractivity contribution in [1.82, 2.24) is 10.6 Å². The lowest BCUT2D eigenvalue weighted by atomic mass is 9.99. The van der Waals surface area contributed by atoms with Gasteiger partial charge in [-0.05, 0) is 61.2 Å². The highest BCUT2D eigenvalue weighted by atomic mass is 32.1. The average molecular weight is 674 g/mol. The van der Waals surface area contributed by atoms with E-state index in [2.05, 4.69) is 140 Å². The van der Waals surface area contributed by atoms with Gasteiger partial charge in [0.15, 0.2) is 0 Å². The van der Waals surface area contributed by atoms with E-state index >= 15 is 0 Å². The monoisotopic (exact) mass is 673 g/mol. The van der Waals surface area contributed by atoms with E-state index in [9.17, 15) is 0 Å². The van der Waals surface area contributed by atoms with Crippen LogP contribution >= 0.6 is 11.3 Å². The molecule has 0 aliphatic carbocycles. The SMILES string of the molecule is C=C(CC/C=C\C)c1ccc2c(sc3ccccc32)c1NC.CC.CC.CCC1=CC=CNC1.c1ccc(CNCc2ccccc2)cc1. The minimum absolute atomic E-state index is 0.926. The molecule has 5 aromatic rings. The Morgan fingerprint density at radius 1 is 0.816 bits per heavy atom. The highest BCUT2D eigenvalue weighted by molar-refractivity contribution is 7.26. The molecule has 6 rings (SSSR count). The van der Waals surface area contributed by atoms with Crippen molar-refractivity contribution in [2.45, 2.75) is 73.9 Å². The van der Waals surface area contributed by atoms with Gasteiger partial charge in [-0.25, -0.2) is 0 Å². The number of nitrogens with one attached hydrogen (secondary N) is 3. The fourth-order valence-corrected chi connectivity index (χ4v) is 6.43. The largest absolute Gasteiger partial charge is 0.387 e. The number of hydrogen-bond acceptors (Lipinski definition) is 4. The smallest absolute Gasteiger partial charge is 0.0595 e. The predicted octanol–water partition coefficient (Wildman–Crippen LogP) is 12.9. The summed E-state index contributed by atoms with van der Waals surface area (Å²) in [6.07, 6.45) is 13.7. The Hall–Kier alpha value is -4.38. The van der Waals surface area contributed by atoms with Crippen molar-refractivity contribution in [3.05, 3.63) is 156 Å². The van der Waals surface area contributed by atoms with Gasteiger partial charge in [-0.1, -0.05) is 156 Å². The lowest BCUT2D eigenvalue weighted by Gasteiger charge is -2.12. The van der Waals surface area contributed by atoms with E-state index < -0.39 is 0 Å². The summed E-state index contributed by atoms with van der Waals surface area (Å²) < 4.78 is 2.67. The van der Waals surface area contributed by atoms with E-state index in [-0.39, 0.29) is 0 Å². The Bertz CT molecular complexity index is 1670. The van der Waals surface area contributed by atoms with Gasteiger partial charge < -0.3 is 16.0 Å². The second kappa shape index (κ2) is 24.7. The van der Waals surface area contributed by atoms with Gasteiger partial charge >= 0.3 is 0 Å². The van der Waals surface area contributed by atoms with Crippen LogP contribution in [0.3, 0.4) is 0 Å². The van der Waals surface area contributed by atoms with Gasteiger partial charge in [0.1, 0.15) is 0 Å². The highest BCUT2D eigenvalue weighted by Crippen LogP contribution is 2.41. The van der Waals surface area contributed by atoms with Gasteiger partial charge in [0.05, 0.1) is 10.4 Å². The Balaban J connectivity index is 0.000000266. The zero-order chi connectivity index (χ0) is 35.7. The third kappa shape index (κ3) is 13.6. The van der Waals surface area contributed by atoms with Crippen LogP contribution in [-0.4, -0.2) is 13.6 Å². The summed E-state index contributed by atoms with van der Waals surface area (Å²) in [7, 11) is 2.00. The fraction of sp³-hybridized carbons (Fsp3) is 0.289. The standard InChI is InChI=1S/C20H21NS.C14H15N.C7H11N.2C2H6/c1-4-5-6-9-14(2)15-12-13-17-16-10-7-8-11-18(16)22-20(17)19(15)21-3;1-3-7-13(8-4-1)11-15-12-14-9-5-2-6-10-14;1-2-7-4-3-5-8-6-7;2*1-2/h4-5,7-8,10-13,21H,2,6,9H2,1,3H3;1-10,15H,11-12H2;3-5,8H,2,6H2,1H3;2*1-2H3/b5-4-;;;;. The molecule has 260 valence electrons. The van der Waals surface area contributed by atoms with Crippen LogP contribution in [0.2, 0.25) is 0 Å². The molecular weight excluding hydrogens is 615 g/mol. The van der Waals surface area contributed by atoms with E-state index in [0.29, 0.717) is 0 Å². The van der Waals surface area contributed by atoms with Crippen LogP contribution in [0.1, 0.15) is 77.5 Å². The Kier molecular flexibility index (Phi) is 20.6. The van der Waals surface area contributed by atoms with Crippen LogP contribution in [0.4, 0.5) is 5.69 Å². The van der Waals surface area contributed by atoms with E-state index in [1.807, 2.05) is 70.5 Å². The third-order valence-corrected chi connectivity index (χ3v) is 8.90. The van der Waals surface area contributed by atoms with Crippen molar-refractivity contribution in [2.75, 3.05) is 18.9 Å². The van der Waals surface area contributed by atoms with Crippen LogP contribution < -0.4 is 16.0 Å². The number of benzene rings is 4. The molecule has 0 atom stereocenters. The van der Waals surface area contributed by atoms with Crippen molar-refractivity contribution in [2.24, 2.45) is 0 Å². The topological polar surface area (TPSA) is 36.1 Å². The molecule has 0 fully saturated rings. The number of rotatable bonds is 10. The Labute approximate surface area is 301 Å². The summed E-state index contributed by atoms with van der Waals surface area (Å²) in [4.78, 5) is 0. The summed E-state index contributed by atoms with van der Waals surface area (Å²) in [5.41, 5.74) is 7.78. The van der Waals surface area contributed by atoms with Gasteiger partial charge in [-0.15, -0.1) is 11.3 Å². The number of hydrogen-bond donors (Lipinski definition) is 3. The quantitative estimate of drug-likeness (QED) is 0.129. The lowest BCUT2D eigenvalue weighted by Crippen LogP contribution is -2.12. The van der Waals surface area contributed by atoms with Crippen molar-refractivity contribution in [1.29, 1.82) is 0 Å². The first-order valence-electron chi connectivity index (χ1n) is 17.9. The molecule has 1 aromatic heterocycles. The molecular formula is C45H59N3S. The number of allylic oxidation sites excluding steroid dienone is 5. The van der Waals surface area contributed by atoms with Gasteiger partial charge in [0, 0.05) is 47.7 Å². The maximum Gasteiger partial charge on any atom is 0.0595 e. The van der Waals surface area contributed by atoms with Crippen LogP contribution in [0, 0.1) is 0 Å². The van der Waals surface area contributed by atoms with Gasteiger partial charge in [0.25, 0.3) is 0 Å². The van der Waals surface area contributed by atoms with Crippen LogP contribution in [-0.2, 0) is 13.1 Å². The van der Waals surface area contributed by atoms with Crippen molar-refractivity contribution >= 4 is 42.8 Å². The summed E-state index contributed by atoms with van der Waals surface area (Å²) in [5.74, 6) is 0. The molecule has 0 amide bonds. The third-order valence-electron chi connectivity index (χ3n) is 7.70. The normalized spacial score (nSPS) is 11.4. The molecule has 3 nitrogen and oxygen atoms in total. The number of thiophene rings is 1. The summed E-state index contributed by atoms with van der Waals surface area (Å²) in [5, 5.41) is 12.6. The molecule has 4 heteroatoms. The molecule has 1 aliphatic heterocycles. The van der Waals surface area contributed by atoms with E-state index in [1.165, 1.54) is 53.7 Å². The molecule has 4 aromatic carbocycles. The summed E-state index contributed by atoms with van der Waals surface area (Å²) >= 11 is 1.86. The first-order chi connectivity index (χ1) is 24.1. The van der Waals surface area contributed by atoms with Crippen LogP contribution in [0.5, 0.6) is 0 Å². The number of fused-ring (bicyclic) bond motifs is 3. The molecule has 0 spiro atoms. The number of dihydropyridines is 1. The Morgan fingerprint density at radius 3 is 1.96 bits per heavy atom. The minimum Gasteiger partial charge on any atom is -0.387 e. The van der Waals surface area contributed by atoms with E-state index in [1.54, 1.807) is 0 Å². The maximum absolute atomic E-state index is 4.30. The van der Waals surface area contributed by atoms with Crippen molar-refractivity contribution in [3.63, 3.8) is 0 Å². The summed E-state index contributed by atoms with van der Waals surface area (Å²) in [6, 6.07) is 34.0. The van der Waals surface area contributed by atoms with Crippen molar-refractivity contribution < 1.29 is 0 Å². The first kappa shape index (κ1) is 40.8. The minimum atomic E-state index is 0.926. The zero-order valence-electron chi connectivity index (χ0n) is 31.0. The van der Waals surface area contributed by atoms with E-state index in [0.717, 1.165) is 38.9 Å². The average Bonchev–Trinajstić information content (AvgIpc) is 3.57. The molecule has 0 unspecified atom stereocenters. The molecule has 3 N–H and O–H groups in total. The summed E-state index contributed by atoms with van der Waals surface area (Å²) in [6.45, 7) is 19.4. The molecule has 49 heavy (non-hydrogen) atoms. The zero-order valence-corrected chi connectivity index (χ0v) is 31.8. The van der Waals surface area contributed by atoms with Gasteiger partial charge in [0.2, 0.25) is 0 Å². The molecule has 0 radical (unpaired) electrons. The van der Waals surface area contributed by atoms with Gasteiger partial charge in [-0.3, -0.25) is 0 Å². The second-order valence-electron chi connectivity index (χ2n) is 10.9. The number of anilines is 1. The molecule has 0 bridgehead atoms. The van der Waals surface area contributed by atoms with Crippen molar-refractivity contribution in [3.8, 4) is 0 Å². The lowest BCUT2D eigenvalue weighted by molar-refractivity contribution is 0.693. The molecule has 2 heterocycles. The second-order valence-corrected chi connectivity index (χ2v) is 12.0. The molecule has 1 aliphatic rings. The van der Waals surface area contributed by atoms with Gasteiger partial charge in [-0.2, -0.15) is 0 Å². The van der Waals surface area contributed by atoms with E-state index in [4.69, 9.17) is 0 Å². The molecule has 0 saturated carbocycles. The predicted molar refractivity (Wildman–Crippen MR) is 224 cm³/mol. The maximum atomic E-state index is 4.30. The highest BCUT2D eigenvalue weighted by Gasteiger charge is 2.13. The first-order valence-corrected chi connectivity index (χ1v) is 18.7. The Morgan fingerprint density at radius 2 is 1.43 bits per heavy atom. The van der Waals surface area contributed by atoms with Crippen LogP contribution in [0.15, 0.2) is 140 Å². The fourth-order valence-electron chi connectivity index (χ4n) is 5.18.